The minimum Gasteiger partial charge on any atom is -0.496 e. The number of carbonyl (C=O) groups excluding carboxylic acids is 1. The second-order valence-electron chi connectivity index (χ2n) is 7.74. The Morgan fingerprint density at radius 3 is 2.79 bits per heavy atom. The zero-order valence-corrected chi connectivity index (χ0v) is 17.7. The molecular weight excluding hydrogens is 382 g/mol. The Morgan fingerprint density at radius 2 is 2.07 bits per heavy atom. The molecule has 29 heavy (non-hydrogen) atoms. The van der Waals surface area contributed by atoms with Gasteiger partial charge >= 0.3 is 0 Å². The summed E-state index contributed by atoms with van der Waals surface area (Å²) in [5.74, 6) is 1.84. The number of nitrogens with one attached hydrogen (secondary N) is 2. The van der Waals surface area contributed by atoms with Crippen LogP contribution in [0.15, 0.2) is 41.9 Å². The summed E-state index contributed by atoms with van der Waals surface area (Å²) in [6, 6.07) is 9.68. The molecule has 1 fully saturated rings. The van der Waals surface area contributed by atoms with Crippen LogP contribution >= 0.6 is 11.3 Å². The molecule has 0 radical (unpaired) electrons. The minimum absolute atomic E-state index is 0.0303. The quantitative estimate of drug-likeness (QED) is 0.591. The summed E-state index contributed by atoms with van der Waals surface area (Å²) in [5.41, 5.74) is 3.34. The van der Waals surface area contributed by atoms with E-state index in [2.05, 4.69) is 20.7 Å². The number of H-pyrrole nitrogens is 1. The average Bonchev–Trinajstić information content (AvgIpc) is 3.42. The zero-order chi connectivity index (χ0) is 20.2. The number of benzene rings is 1. The lowest BCUT2D eigenvalue weighted by Crippen LogP contribution is -2.31. The first-order valence-corrected chi connectivity index (χ1v) is 11.0. The van der Waals surface area contributed by atoms with Gasteiger partial charge in [0, 0.05) is 35.3 Å². The molecule has 0 atom stereocenters. The normalized spacial score (nSPS) is 19.1. The van der Waals surface area contributed by atoms with Crippen LogP contribution in [0.4, 0.5) is 0 Å². The number of aromatic nitrogens is 2. The van der Waals surface area contributed by atoms with Gasteiger partial charge in [0.1, 0.15) is 5.75 Å². The van der Waals surface area contributed by atoms with E-state index in [0.29, 0.717) is 17.4 Å². The predicted octanol–water partition coefficient (Wildman–Crippen LogP) is 5.16. The summed E-state index contributed by atoms with van der Waals surface area (Å²) in [5, 5.41) is 6.48. The van der Waals surface area contributed by atoms with E-state index in [1.165, 1.54) is 5.01 Å². The summed E-state index contributed by atoms with van der Waals surface area (Å²) in [6.45, 7) is 2.69. The average molecular weight is 410 g/mol. The lowest BCUT2D eigenvalue weighted by molar-refractivity contribution is 0.0943. The van der Waals surface area contributed by atoms with Crippen molar-refractivity contribution in [1.82, 2.24) is 15.3 Å². The molecule has 2 N–H and O–H groups in total. The standard InChI is InChI=1S/C23H27N3O2S/c1-15-13-19(21(26-15)18-5-3-4-6-20(18)28-2)22(27)25-14-16-7-9-17(10-8-16)23-24-11-12-29-23/h3-6,11-13,16-17,26H,7-10,14H2,1-2H3,(H,25,27). The molecule has 0 unspecified atom stereocenters. The zero-order valence-electron chi connectivity index (χ0n) is 16.9. The van der Waals surface area contributed by atoms with Gasteiger partial charge in [0.25, 0.3) is 5.91 Å². The van der Waals surface area contributed by atoms with Crippen LogP contribution in [0.3, 0.4) is 0 Å². The number of carbonyl (C=O) groups is 1. The van der Waals surface area contributed by atoms with Crippen LogP contribution in [-0.4, -0.2) is 29.5 Å². The fraction of sp³-hybridized carbons (Fsp3) is 0.391. The highest BCUT2D eigenvalue weighted by Gasteiger charge is 2.25. The minimum atomic E-state index is -0.0303. The summed E-state index contributed by atoms with van der Waals surface area (Å²) < 4.78 is 5.48. The van der Waals surface area contributed by atoms with Gasteiger partial charge < -0.3 is 15.0 Å². The molecule has 5 nitrogen and oxygen atoms in total. The molecule has 4 rings (SSSR count). The summed E-state index contributed by atoms with van der Waals surface area (Å²) in [7, 11) is 1.65. The van der Waals surface area contributed by atoms with Crippen LogP contribution in [0, 0.1) is 12.8 Å². The fourth-order valence-electron chi connectivity index (χ4n) is 4.21. The van der Waals surface area contributed by atoms with Gasteiger partial charge in [-0.3, -0.25) is 4.79 Å². The molecule has 2 aromatic heterocycles. The Balaban J connectivity index is 1.40. The van der Waals surface area contributed by atoms with E-state index in [9.17, 15) is 4.79 Å². The third kappa shape index (κ3) is 4.37. The van der Waals surface area contributed by atoms with Gasteiger partial charge in [0.2, 0.25) is 0 Å². The Kier molecular flexibility index (Phi) is 6.00. The van der Waals surface area contributed by atoms with Gasteiger partial charge in [-0.15, -0.1) is 11.3 Å². The number of para-hydroxylation sites is 1. The molecule has 1 aromatic carbocycles. The van der Waals surface area contributed by atoms with E-state index >= 15 is 0 Å². The van der Waals surface area contributed by atoms with E-state index in [1.54, 1.807) is 18.4 Å². The summed E-state index contributed by atoms with van der Waals surface area (Å²) >= 11 is 1.76. The third-order valence-corrected chi connectivity index (χ3v) is 6.71. The van der Waals surface area contributed by atoms with Crippen molar-refractivity contribution >= 4 is 17.2 Å². The smallest absolute Gasteiger partial charge is 0.253 e. The number of aromatic amines is 1. The van der Waals surface area contributed by atoms with Crippen LogP contribution in [-0.2, 0) is 0 Å². The first kappa shape index (κ1) is 19.7. The number of rotatable bonds is 6. The molecule has 1 aliphatic rings. The van der Waals surface area contributed by atoms with Crippen molar-refractivity contribution in [2.45, 2.75) is 38.5 Å². The van der Waals surface area contributed by atoms with E-state index in [1.807, 2.05) is 43.5 Å². The van der Waals surface area contributed by atoms with E-state index in [-0.39, 0.29) is 5.91 Å². The van der Waals surface area contributed by atoms with Gasteiger partial charge in [-0.25, -0.2) is 4.98 Å². The SMILES string of the molecule is COc1ccccc1-c1[nH]c(C)cc1C(=O)NCC1CCC(c2nccs2)CC1. The summed E-state index contributed by atoms with van der Waals surface area (Å²) in [4.78, 5) is 20.8. The second kappa shape index (κ2) is 8.82. The van der Waals surface area contributed by atoms with Gasteiger partial charge in [0.15, 0.2) is 0 Å². The van der Waals surface area contributed by atoms with Gasteiger partial charge in [0.05, 0.1) is 23.4 Å². The van der Waals surface area contributed by atoms with E-state index in [4.69, 9.17) is 4.74 Å². The number of thiazole rings is 1. The van der Waals surface area contributed by atoms with Crippen molar-refractivity contribution in [2.24, 2.45) is 5.92 Å². The van der Waals surface area contributed by atoms with Crippen molar-refractivity contribution in [3.05, 3.63) is 58.2 Å². The molecule has 0 saturated heterocycles. The molecular formula is C23H27N3O2S. The highest BCUT2D eigenvalue weighted by atomic mass is 32.1. The maximum Gasteiger partial charge on any atom is 0.253 e. The Hall–Kier alpha value is -2.60. The number of amides is 1. The highest BCUT2D eigenvalue weighted by Crippen LogP contribution is 2.36. The van der Waals surface area contributed by atoms with E-state index in [0.717, 1.165) is 54.9 Å². The molecule has 2 heterocycles. The van der Waals surface area contributed by atoms with E-state index < -0.39 is 0 Å². The van der Waals surface area contributed by atoms with Crippen molar-refractivity contribution in [1.29, 1.82) is 0 Å². The number of aryl methyl sites for hydroxylation is 1. The topological polar surface area (TPSA) is 67.0 Å². The molecule has 6 heteroatoms. The molecule has 1 amide bonds. The van der Waals surface area contributed by atoms with Gasteiger partial charge in [-0.1, -0.05) is 12.1 Å². The Labute approximate surface area is 175 Å². The number of hydrogen-bond donors (Lipinski definition) is 2. The number of ether oxygens (including phenoxy) is 1. The van der Waals surface area contributed by atoms with Crippen molar-refractivity contribution in [2.75, 3.05) is 13.7 Å². The molecule has 152 valence electrons. The maximum atomic E-state index is 13.0. The summed E-state index contributed by atoms with van der Waals surface area (Å²) in [6.07, 6.45) is 6.48. The number of nitrogens with zero attached hydrogens (tertiary/aromatic N) is 1. The predicted molar refractivity (Wildman–Crippen MR) is 117 cm³/mol. The molecule has 3 aromatic rings. The molecule has 1 aliphatic carbocycles. The second-order valence-corrected chi connectivity index (χ2v) is 8.67. The van der Waals surface area contributed by atoms with Crippen molar-refractivity contribution in [3.8, 4) is 17.0 Å². The number of methoxy groups -OCH3 is 1. The van der Waals surface area contributed by atoms with Gasteiger partial charge in [-0.05, 0) is 56.7 Å². The number of hydrogen-bond acceptors (Lipinski definition) is 4. The van der Waals surface area contributed by atoms with Gasteiger partial charge in [-0.2, -0.15) is 0 Å². The maximum absolute atomic E-state index is 13.0. The third-order valence-electron chi connectivity index (χ3n) is 5.77. The van der Waals surface area contributed by atoms with Crippen LogP contribution < -0.4 is 10.1 Å². The first-order chi connectivity index (χ1) is 14.2. The molecule has 0 aliphatic heterocycles. The lowest BCUT2D eigenvalue weighted by atomic mass is 9.82. The first-order valence-electron chi connectivity index (χ1n) is 10.2. The van der Waals surface area contributed by atoms with Crippen molar-refractivity contribution < 1.29 is 9.53 Å². The largest absolute Gasteiger partial charge is 0.496 e. The lowest BCUT2D eigenvalue weighted by Gasteiger charge is -2.27. The Bertz CT molecular complexity index is 956. The van der Waals surface area contributed by atoms with Crippen LogP contribution in [0.25, 0.3) is 11.3 Å². The van der Waals surface area contributed by atoms with Crippen molar-refractivity contribution in [3.63, 3.8) is 0 Å². The molecule has 1 saturated carbocycles. The molecule has 0 spiro atoms. The van der Waals surface area contributed by atoms with Crippen LogP contribution in [0.2, 0.25) is 0 Å². The van der Waals surface area contributed by atoms with Crippen LogP contribution in [0.5, 0.6) is 5.75 Å². The van der Waals surface area contributed by atoms with Crippen LogP contribution in [0.1, 0.15) is 52.7 Å². The Morgan fingerprint density at radius 1 is 1.28 bits per heavy atom. The molecule has 0 bridgehead atoms. The fourth-order valence-corrected chi connectivity index (χ4v) is 5.02. The monoisotopic (exact) mass is 409 g/mol. The highest BCUT2D eigenvalue weighted by molar-refractivity contribution is 7.09.